The Hall–Kier alpha value is -7.29. The number of hydrogen-bond donors (Lipinski definition) is 2. The Kier molecular flexibility index (Phi) is 134. The number of H-pyrrole nitrogens is 2. The summed E-state index contributed by atoms with van der Waals surface area (Å²) in [5, 5.41) is 48.1. The van der Waals surface area contributed by atoms with Crippen molar-refractivity contribution in [1.82, 2.24) is 90.2 Å². The molecular weight excluding hydrogens is 1480 g/mol. The van der Waals surface area contributed by atoms with Crippen LogP contribution in [-0.2, 0) is 0 Å². The first-order valence-electron chi connectivity index (χ1n) is 40.3. The average Bonchev–Trinajstić information content (AvgIpc) is 1.80. The smallest absolute Gasteiger partial charge is 0.219 e. The molecule has 0 unspecified atom stereocenters. The largest absolute Gasteiger partial charge is 0.473 e. The van der Waals surface area contributed by atoms with Crippen LogP contribution in [-0.4, -0.2) is 90.2 Å². The highest BCUT2D eigenvalue weighted by atomic mass is 32.1. The van der Waals surface area contributed by atoms with Gasteiger partial charge in [-0.1, -0.05) is 294 Å². The summed E-state index contributed by atoms with van der Waals surface area (Å²) in [4.78, 5) is 18.5. The van der Waals surface area contributed by atoms with Crippen molar-refractivity contribution < 1.29 is 17.8 Å². The van der Waals surface area contributed by atoms with Gasteiger partial charge in [0.05, 0.1) is 35.6 Å². The molecule has 0 amide bonds. The molecule has 11 rings (SSSR count). The van der Waals surface area contributed by atoms with Gasteiger partial charge >= 0.3 is 0 Å². The second-order valence-corrected chi connectivity index (χ2v) is 29.5. The number of rotatable bonds is 5. The molecule has 26 heteroatoms. The van der Waals surface area contributed by atoms with E-state index in [9.17, 15) is 0 Å². The van der Waals surface area contributed by atoms with Crippen LogP contribution in [0.2, 0.25) is 0 Å². The zero-order valence-electron chi connectivity index (χ0n) is 79.9. The fraction of sp³-hybridized carbons (Fsp3) is 0.663. The number of oxazole rings is 1. The molecule has 0 aromatic carbocycles. The van der Waals surface area contributed by atoms with Gasteiger partial charge < -0.3 is 17.8 Å². The number of furan rings is 1. The molecule has 0 aliphatic carbocycles. The van der Waals surface area contributed by atoms with Gasteiger partial charge in [-0.2, -0.15) is 41.3 Å². The van der Waals surface area contributed by atoms with Gasteiger partial charge in [0.2, 0.25) is 18.2 Å². The van der Waals surface area contributed by atoms with Gasteiger partial charge in [-0.25, -0.2) is 19.9 Å². The Balaban J connectivity index is -0.0000000843. The quantitative estimate of drug-likeness (QED) is 0.162. The first kappa shape index (κ1) is 134. The molecule has 654 valence electrons. The highest BCUT2D eigenvalue weighted by molar-refractivity contribution is 7.11. The van der Waals surface area contributed by atoms with Crippen molar-refractivity contribution in [2.75, 3.05) is 0 Å². The summed E-state index contributed by atoms with van der Waals surface area (Å²) >= 11 is 6.34. The number of nitrogens with zero attached hydrogens (tertiary/aromatic N) is 16. The summed E-state index contributed by atoms with van der Waals surface area (Å²) < 4.78 is 24.0. The van der Waals surface area contributed by atoms with Crippen molar-refractivity contribution in [2.24, 2.45) is 35.5 Å². The lowest BCUT2D eigenvalue weighted by Gasteiger charge is -2.01. The number of nitrogens with one attached hydrogen (secondary N) is 2. The second-order valence-electron chi connectivity index (χ2n) is 26.1. The van der Waals surface area contributed by atoms with Gasteiger partial charge in [0, 0.05) is 54.7 Å². The van der Waals surface area contributed by atoms with Gasteiger partial charge in [-0.05, 0) is 117 Å². The van der Waals surface area contributed by atoms with Crippen LogP contribution >= 0.6 is 45.5 Å². The second kappa shape index (κ2) is 112. The Morgan fingerprint density at radius 2 is 0.920 bits per heavy atom. The minimum atomic E-state index is 0.339. The molecule has 11 aromatic heterocycles. The monoisotopic (exact) mass is 1650 g/mol. The minimum absolute atomic E-state index is 0.339. The van der Waals surface area contributed by atoms with E-state index in [0.717, 1.165) is 68.6 Å². The Bertz CT molecular complexity index is 2530. The summed E-state index contributed by atoms with van der Waals surface area (Å²) in [6.07, 6.45) is 17.4. The number of aromatic nitrogens is 18. The lowest BCUT2D eigenvalue weighted by molar-refractivity contribution is 0.416. The summed E-state index contributed by atoms with van der Waals surface area (Å²) in [6.45, 7) is 95.5. The molecule has 0 fully saturated rings. The van der Waals surface area contributed by atoms with Crippen molar-refractivity contribution in [2.45, 2.75) is 348 Å². The molecule has 0 aliphatic rings. The van der Waals surface area contributed by atoms with Gasteiger partial charge in [0.15, 0.2) is 18.5 Å². The predicted octanol–water partition coefficient (Wildman–Crippen LogP) is 30.0. The summed E-state index contributed by atoms with van der Waals surface area (Å²) in [5.74, 6) is 9.90. The number of thiazole rings is 1. The summed E-state index contributed by atoms with van der Waals surface area (Å²) in [5.41, 5.74) is 5.54. The maximum atomic E-state index is 5.12. The van der Waals surface area contributed by atoms with E-state index < -0.39 is 0 Å². The number of aromatic amines is 2. The van der Waals surface area contributed by atoms with Crippen LogP contribution in [0.1, 0.15) is 365 Å². The minimum Gasteiger partial charge on any atom is -0.473 e. The van der Waals surface area contributed by atoms with Crippen LogP contribution in [0, 0.1) is 63.2 Å². The summed E-state index contributed by atoms with van der Waals surface area (Å²) in [6, 6.07) is 10.1. The highest BCUT2D eigenvalue weighted by Gasteiger charge is 2.07. The maximum Gasteiger partial charge on any atom is 0.219 e. The van der Waals surface area contributed by atoms with Crippen molar-refractivity contribution in [3.63, 3.8) is 0 Å². The van der Waals surface area contributed by atoms with Gasteiger partial charge in [-0.3, -0.25) is 14.8 Å². The average molecular weight is 1650 g/mol. The molecular formula is C86H172N18O4S4. The molecule has 22 nitrogen and oxygen atoms in total. The van der Waals surface area contributed by atoms with Crippen LogP contribution < -0.4 is 0 Å². The van der Waals surface area contributed by atoms with E-state index in [4.69, 9.17) is 4.42 Å². The molecule has 0 aliphatic heterocycles. The number of aryl methyl sites for hydroxylation is 4. The van der Waals surface area contributed by atoms with Crippen LogP contribution in [0.3, 0.4) is 0 Å². The Morgan fingerprint density at radius 1 is 0.420 bits per heavy atom. The third-order valence-corrected chi connectivity index (χ3v) is 10.4. The molecule has 0 bridgehead atoms. The Labute approximate surface area is 704 Å². The molecule has 11 aromatic rings. The first-order chi connectivity index (χ1) is 53.0. The fourth-order valence-electron chi connectivity index (χ4n) is 4.21. The lowest BCUT2D eigenvalue weighted by atomic mass is 10.1. The Morgan fingerprint density at radius 3 is 1.06 bits per heavy atom. The van der Waals surface area contributed by atoms with Crippen LogP contribution in [0.15, 0.2) is 144 Å². The maximum absolute atomic E-state index is 5.12. The molecule has 112 heavy (non-hydrogen) atoms. The van der Waals surface area contributed by atoms with E-state index in [1.165, 1.54) is 43.2 Å². The van der Waals surface area contributed by atoms with Crippen molar-refractivity contribution in [3.05, 3.63) is 171 Å². The fourth-order valence-corrected chi connectivity index (χ4v) is 5.99. The van der Waals surface area contributed by atoms with Crippen molar-refractivity contribution in [3.8, 4) is 0 Å². The van der Waals surface area contributed by atoms with Crippen molar-refractivity contribution in [1.29, 1.82) is 0 Å². The van der Waals surface area contributed by atoms with Gasteiger partial charge in [0.1, 0.15) is 33.9 Å². The first-order valence-corrected chi connectivity index (χ1v) is 43.9. The highest BCUT2D eigenvalue weighted by Crippen LogP contribution is 2.17. The van der Waals surface area contributed by atoms with Gasteiger partial charge in [-0.15, -0.1) is 43.1 Å². The topological polar surface area (TPSA) is 282 Å². The van der Waals surface area contributed by atoms with E-state index in [0.29, 0.717) is 41.5 Å². The SMILES string of the molecule is CC.CC.CC.CC.CC.CC.CC.CC(C)C.CC(C)C.CC(C)C.CC(C)C.CC(C)C.CC(C)C.CC(C)n1cccn1.Cc1n[nH]nc1C(C)C.Cc1nc(C(C)C)n[nH]1.Cc1nnc(C(C)C)o1.Cc1nnc(C(C)C)s1.c1ccoc1.c1ccsc1.c1cocn1.c1cscn1.c1ncon1.c1ncsn1. The normalized spacial score (nSPS) is 8.62. The van der Waals surface area contributed by atoms with E-state index in [-0.39, 0.29) is 0 Å². The molecule has 0 spiro atoms. The standard InChI is InChI=1S/2C6H11N3.C6H10N2O.C6H10N2S.C6H10N2.C4H4O.C4H4S.6C4H10.C3H3NO.C3H3NS.C2H2N2O.C2H2N2S.7C2H6/c1-4(2)6-7-5(3)8-9-6;1-4(2)6-5(3)7-9-8-6;2*1-4(2)6-8-7-5(3)9-6;1-6(2)8-5-3-4-7-8;2*1-2-4-5-3-1;6*1-4(2)3;2*1-2-5-3-4-1;2*1-3-2-5-4-1;7*1-2/h2*4H,1-3H3,(H,7,8,9);2*4H,1-3H3;3-6H,1-2H3;2*1-4H;6*4H,1-3H3;2*1-3H;2*1-2H;7*1-2H3. The molecule has 0 saturated heterocycles. The zero-order valence-corrected chi connectivity index (χ0v) is 83.2. The van der Waals surface area contributed by atoms with Crippen LogP contribution in [0.5, 0.6) is 0 Å². The van der Waals surface area contributed by atoms with Gasteiger partial charge in [0.25, 0.3) is 0 Å². The van der Waals surface area contributed by atoms with E-state index in [2.05, 4.69) is 279 Å². The van der Waals surface area contributed by atoms with E-state index >= 15 is 0 Å². The van der Waals surface area contributed by atoms with Crippen LogP contribution in [0.4, 0.5) is 0 Å². The van der Waals surface area contributed by atoms with Crippen molar-refractivity contribution >= 4 is 45.5 Å². The molecule has 2 N–H and O–H groups in total. The zero-order chi connectivity index (χ0) is 90.1. The molecule has 0 saturated carbocycles. The van der Waals surface area contributed by atoms with E-state index in [1.54, 1.807) is 83.1 Å². The number of hydrogen-bond acceptors (Lipinski definition) is 23. The predicted molar refractivity (Wildman–Crippen MR) is 493 cm³/mol. The molecule has 0 radical (unpaired) electrons. The lowest BCUT2D eigenvalue weighted by Crippen LogP contribution is -1.99. The summed E-state index contributed by atoms with van der Waals surface area (Å²) in [7, 11) is 0. The van der Waals surface area contributed by atoms with Crippen LogP contribution in [0.25, 0.3) is 0 Å². The molecule has 0 atom stereocenters. The van der Waals surface area contributed by atoms with E-state index in [1.807, 2.05) is 189 Å². The number of thiophene rings is 1. The third-order valence-electron chi connectivity index (χ3n) is 7.67. The molecule has 11 heterocycles. The third kappa shape index (κ3) is 141.